The highest BCUT2D eigenvalue weighted by atomic mass is 35.5. The predicted molar refractivity (Wildman–Crippen MR) is 117 cm³/mol. The van der Waals surface area contributed by atoms with Gasteiger partial charge in [-0.1, -0.05) is 12.1 Å². The van der Waals surface area contributed by atoms with Crippen molar-refractivity contribution < 1.29 is 28.1 Å². The first kappa shape index (κ1) is 26.0. The van der Waals surface area contributed by atoms with Crippen molar-refractivity contribution >= 4 is 22.4 Å². The van der Waals surface area contributed by atoms with Crippen LogP contribution in [0.15, 0.2) is 41.3 Å². The van der Waals surface area contributed by atoms with E-state index in [1.165, 1.54) is 26.4 Å². The number of benzene rings is 2. The quantitative estimate of drug-likeness (QED) is 0.427. The molecule has 2 unspecified atom stereocenters. The molecule has 0 spiro atoms. The second-order valence-corrected chi connectivity index (χ2v) is 8.36. The van der Waals surface area contributed by atoms with E-state index in [1.807, 2.05) is 13.0 Å². The predicted octanol–water partition coefficient (Wildman–Crippen LogP) is 2.12. The normalized spacial score (nSPS) is 13.2. The van der Waals surface area contributed by atoms with Gasteiger partial charge in [0.05, 0.1) is 20.3 Å². The maximum Gasteiger partial charge on any atom is 0.241 e. The van der Waals surface area contributed by atoms with Gasteiger partial charge in [0, 0.05) is 12.6 Å². The van der Waals surface area contributed by atoms with E-state index in [2.05, 4.69) is 5.32 Å². The fourth-order valence-electron chi connectivity index (χ4n) is 2.92. The molecule has 30 heavy (non-hydrogen) atoms. The monoisotopic (exact) mass is 460 g/mol. The van der Waals surface area contributed by atoms with Gasteiger partial charge in [0.25, 0.3) is 0 Å². The molecule has 0 saturated carbocycles. The van der Waals surface area contributed by atoms with Gasteiger partial charge in [-0.25, -0.2) is 13.6 Å². The van der Waals surface area contributed by atoms with Gasteiger partial charge in [-0.15, -0.1) is 12.4 Å². The minimum atomic E-state index is -3.97. The van der Waals surface area contributed by atoms with E-state index in [9.17, 15) is 18.6 Å². The first-order chi connectivity index (χ1) is 13.7. The van der Waals surface area contributed by atoms with Crippen LogP contribution in [0.5, 0.6) is 17.2 Å². The summed E-state index contributed by atoms with van der Waals surface area (Å²) in [4.78, 5) is -0.161. The van der Waals surface area contributed by atoms with Crippen LogP contribution in [-0.4, -0.2) is 45.4 Å². The van der Waals surface area contributed by atoms with Crippen LogP contribution in [0.2, 0.25) is 0 Å². The Kier molecular flexibility index (Phi) is 9.86. The summed E-state index contributed by atoms with van der Waals surface area (Å²) in [6.07, 6.45) is 0.655. The minimum Gasteiger partial charge on any atom is -0.504 e. The Labute approximate surface area is 183 Å². The first-order valence-corrected chi connectivity index (χ1v) is 10.7. The third kappa shape index (κ3) is 7.03. The Hall–Kier alpha value is -2.04. The SMILES string of the molecule is COc1cc(CCC(C)NCC(O)c2ccc(OC)c(S(N)(=O)=O)c2)ccc1O.Cl. The molecular weight excluding hydrogens is 432 g/mol. The smallest absolute Gasteiger partial charge is 0.241 e. The topological polar surface area (TPSA) is 131 Å². The highest BCUT2D eigenvalue weighted by molar-refractivity contribution is 7.89. The summed E-state index contributed by atoms with van der Waals surface area (Å²) in [6, 6.07) is 9.73. The first-order valence-electron chi connectivity index (χ1n) is 9.13. The van der Waals surface area contributed by atoms with Gasteiger partial charge in [-0.3, -0.25) is 0 Å². The highest BCUT2D eigenvalue weighted by Gasteiger charge is 2.18. The average molecular weight is 461 g/mol. The van der Waals surface area contributed by atoms with Crippen LogP contribution in [0.3, 0.4) is 0 Å². The zero-order valence-electron chi connectivity index (χ0n) is 17.2. The fourth-order valence-corrected chi connectivity index (χ4v) is 3.65. The van der Waals surface area contributed by atoms with Crippen LogP contribution in [-0.2, 0) is 16.4 Å². The number of aryl methyl sites for hydroxylation is 1. The number of methoxy groups -OCH3 is 2. The van der Waals surface area contributed by atoms with Crippen LogP contribution >= 0.6 is 12.4 Å². The zero-order valence-corrected chi connectivity index (χ0v) is 18.8. The summed E-state index contributed by atoms with van der Waals surface area (Å²) >= 11 is 0. The molecule has 0 radical (unpaired) electrons. The minimum absolute atomic E-state index is 0. The lowest BCUT2D eigenvalue weighted by Gasteiger charge is -2.18. The molecular formula is C20H29ClN2O6S. The lowest BCUT2D eigenvalue weighted by molar-refractivity contribution is 0.169. The van der Waals surface area contributed by atoms with Crippen molar-refractivity contribution in [2.75, 3.05) is 20.8 Å². The number of halogens is 1. The molecule has 0 fully saturated rings. The highest BCUT2D eigenvalue weighted by Crippen LogP contribution is 2.28. The van der Waals surface area contributed by atoms with Crippen molar-refractivity contribution in [3.05, 3.63) is 47.5 Å². The van der Waals surface area contributed by atoms with E-state index >= 15 is 0 Å². The van der Waals surface area contributed by atoms with Crippen LogP contribution in [0.1, 0.15) is 30.6 Å². The van der Waals surface area contributed by atoms with Gasteiger partial charge < -0.3 is 25.0 Å². The number of hydrogen-bond acceptors (Lipinski definition) is 7. The molecule has 8 nitrogen and oxygen atoms in total. The van der Waals surface area contributed by atoms with Crippen molar-refractivity contribution in [1.29, 1.82) is 0 Å². The van der Waals surface area contributed by atoms with E-state index < -0.39 is 16.1 Å². The Morgan fingerprint density at radius 1 is 1.10 bits per heavy atom. The number of phenols is 1. The van der Waals surface area contributed by atoms with Crippen molar-refractivity contribution in [1.82, 2.24) is 5.32 Å². The second kappa shape index (κ2) is 11.4. The zero-order chi connectivity index (χ0) is 21.6. The van der Waals surface area contributed by atoms with Crippen molar-refractivity contribution in [2.45, 2.75) is 36.8 Å². The van der Waals surface area contributed by atoms with E-state index in [0.29, 0.717) is 11.3 Å². The Bertz CT molecular complexity index is 939. The number of nitrogens with two attached hydrogens (primary N) is 1. The standard InChI is InChI=1S/C20H28N2O6S.ClH/c1-13(4-5-14-6-8-16(23)19(10-14)28-3)22-12-17(24)15-7-9-18(27-2)20(11-15)29(21,25)26;/h6-11,13,17,22-24H,4-5,12H2,1-3H3,(H2,21,25,26);1H. The van der Waals surface area contributed by atoms with E-state index in [4.69, 9.17) is 14.6 Å². The van der Waals surface area contributed by atoms with Crippen LogP contribution in [0.4, 0.5) is 0 Å². The molecule has 168 valence electrons. The molecule has 0 amide bonds. The van der Waals surface area contributed by atoms with E-state index in [0.717, 1.165) is 18.4 Å². The van der Waals surface area contributed by atoms with E-state index in [1.54, 1.807) is 18.2 Å². The molecule has 0 bridgehead atoms. The molecule has 0 saturated heterocycles. The van der Waals surface area contributed by atoms with E-state index in [-0.39, 0.29) is 41.4 Å². The molecule has 2 aromatic carbocycles. The molecule has 10 heteroatoms. The van der Waals surface area contributed by atoms with Gasteiger partial charge in [-0.05, 0) is 55.2 Å². The molecule has 0 aromatic heterocycles. The largest absolute Gasteiger partial charge is 0.504 e. The number of ether oxygens (including phenoxy) is 2. The maximum absolute atomic E-state index is 11.7. The Balaban J connectivity index is 0.00000450. The summed E-state index contributed by atoms with van der Waals surface area (Å²) in [5, 5.41) is 28.5. The molecule has 0 heterocycles. The average Bonchev–Trinajstić information content (AvgIpc) is 2.70. The fraction of sp³-hybridized carbons (Fsp3) is 0.400. The Morgan fingerprint density at radius 3 is 2.37 bits per heavy atom. The molecule has 2 atom stereocenters. The van der Waals surface area contributed by atoms with Gasteiger partial charge in [-0.2, -0.15) is 0 Å². The Morgan fingerprint density at radius 2 is 1.77 bits per heavy atom. The second-order valence-electron chi connectivity index (χ2n) is 6.83. The van der Waals surface area contributed by atoms with Gasteiger partial charge >= 0.3 is 0 Å². The van der Waals surface area contributed by atoms with Crippen molar-refractivity contribution in [2.24, 2.45) is 5.14 Å². The van der Waals surface area contributed by atoms with Crippen molar-refractivity contribution in [3.8, 4) is 17.2 Å². The van der Waals surface area contributed by atoms with Gasteiger partial charge in [0.1, 0.15) is 10.6 Å². The summed E-state index contributed by atoms with van der Waals surface area (Å²) < 4.78 is 33.6. The number of aliphatic hydroxyl groups is 1. The molecule has 5 N–H and O–H groups in total. The van der Waals surface area contributed by atoms with Gasteiger partial charge in [0.15, 0.2) is 11.5 Å². The number of rotatable bonds is 10. The molecule has 0 aliphatic rings. The molecule has 0 aliphatic carbocycles. The van der Waals surface area contributed by atoms with Crippen LogP contribution in [0.25, 0.3) is 0 Å². The summed E-state index contributed by atoms with van der Waals surface area (Å²) in [5.74, 6) is 0.668. The third-order valence-corrected chi connectivity index (χ3v) is 5.58. The summed E-state index contributed by atoms with van der Waals surface area (Å²) in [5.41, 5.74) is 1.46. The van der Waals surface area contributed by atoms with Crippen LogP contribution < -0.4 is 19.9 Å². The maximum atomic E-state index is 11.7. The number of hydrogen-bond donors (Lipinski definition) is 4. The summed E-state index contributed by atoms with van der Waals surface area (Å²) in [6.45, 7) is 2.24. The third-order valence-electron chi connectivity index (χ3n) is 4.65. The number of aromatic hydroxyl groups is 1. The lowest BCUT2D eigenvalue weighted by Crippen LogP contribution is -2.31. The van der Waals surface area contributed by atoms with Crippen LogP contribution in [0, 0.1) is 0 Å². The summed E-state index contributed by atoms with van der Waals surface area (Å²) in [7, 11) is -1.11. The molecule has 2 aromatic rings. The van der Waals surface area contributed by atoms with Crippen molar-refractivity contribution in [3.63, 3.8) is 0 Å². The molecule has 0 aliphatic heterocycles. The lowest BCUT2D eigenvalue weighted by atomic mass is 10.0. The van der Waals surface area contributed by atoms with Gasteiger partial charge in [0.2, 0.25) is 10.0 Å². The molecule has 2 rings (SSSR count). The number of primary sulfonamides is 1. The number of phenolic OH excluding ortho intramolecular Hbond substituents is 1. The number of sulfonamides is 1. The number of aliphatic hydroxyl groups excluding tert-OH is 1. The number of nitrogens with one attached hydrogen (secondary N) is 1.